The van der Waals surface area contributed by atoms with Crippen molar-refractivity contribution in [2.75, 3.05) is 0 Å². The summed E-state index contributed by atoms with van der Waals surface area (Å²) in [5, 5.41) is 9.68. The van der Waals surface area contributed by atoms with Gasteiger partial charge in [0.05, 0.1) is 5.52 Å². The average Bonchev–Trinajstić information content (AvgIpc) is 2.84. The molecular weight excluding hydrogens is 380 g/mol. The lowest BCUT2D eigenvalue weighted by Crippen LogP contribution is -2.52. The summed E-state index contributed by atoms with van der Waals surface area (Å²) in [6.45, 7) is 12.9. The van der Waals surface area contributed by atoms with Crippen LogP contribution in [0.15, 0.2) is 16.9 Å². The van der Waals surface area contributed by atoms with E-state index in [1.807, 2.05) is 37.5 Å². The van der Waals surface area contributed by atoms with Crippen molar-refractivity contribution in [2.24, 2.45) is 12.5 Å². The molecule has 0 saturated heterocycles. The number of hydrogen-bond acceptors (Lipinski definition) is 3. The second kappa shape index (κ2) is 7.75. The number of fused-ring (bicyclic) bond motifs is 1. The van der Waals surface area contributed by atoms with E-state index < -0.39 is 11.6 Å². The number of imidazole rings is 1. The predicted molar refractivity (Wildman–Crippen MR) is 119 cm³/mol. The molecule has 7 nitrogen and oxygen atoms in total. The molecule has 0 radical (unpaired) electrons. The van der Waals surface area contributed by atoms with Crippen LogP contribution in [-0.2, 0) is 13.6 Å². The second-order valence-corrected chi connectivity index (χ2v) is 10.9. The molecule has 2 heterocycles. The zero-order chi connectivity index (χ0) is 22.4. The summed E-state index contributed by atoms with van der Waals surface area (Å²) >= 11 is 0. The molecule has 0 aromatic carbocycles. The van der Waals surface area contributed by atoms with Crippen molar-refractivity contribution in [1.29, 1.82) is 0 Å². The monoisotopic (exact) mass is 416 g/mol. The Balaban J connectivity index is 1.83. The molecule has 0 aliphatic heterocycles. The number of hydrogen-bond donors (Lipinski definition) is 1. The van der Waals surface area contributed by atoms with Gasteiger partial charge in [-0.2, -0.15) is 0 Å². The minimum atomic E-state index is -0.847. The molecular formula is C23H36N4O3. The van der Waals surface area contributed by atoms with E-state index in [9.17, 15) is 14.7 Å². The van der Waals surface area contributed by atoms with Crippen LogP contribution in [0.4, 0.5) is 4.79 Å². The molecule has 3 rings (SSSR count). The van der Waals surface area contributed by atoms with E-state index in [4.69, 9.17) is 4.98 Å². The van der Waals surface area contributed by atoms with E-state index in [2.05, 4.69) is 20.8 Å². The van der Waals surface area contributed by atoms with Crippen molar-refractivity contribution in [3.63, 3.8) is 0 Å². The van der Waals surface area contributed by atoms with E-state index in [1.165, 1.54) is 0 Å². The van der Waals surface area contributed by atoms with E-state index in [1.54, 1.807) is 16.5 Å². The summed E-state index contributed by atoms with van der Waals surface area (Å²) in [6.07, 6.45) is 2.62. The van der Waals surface area contributed by atoms with E-state index in [0.29, 0.717) is 12.5 Å². The highest BCUT2D eigenvalue weighted by atomic mass is 16.4. The van der Waals surface area contributed by atoms with Crippen LogP contribution in [-0.4, -0.2) is 41.8 Å². The Labute approximate surface area is 178 Å². The summed E-state index contributed by atoms with van der Waals surface area (Å²) in [6, 6.07) is 4.11. The van der Waals surface area contributed by atoms with Gasteiger partial charge in [-0.1, -0.05) is 20.8 Å². The highest BCUT2D eigenvalue weighted by Crippen LogP contribution is 2.36. The maximum atomic E-state index is 12.8. The summed E-state index contributed by atoms with van der Waals surface area (Å²) < 4.78 is 3.46. The third kappa shape index (κ3) is 4.40. The molecule has 1 amide bonds. The number of rotatable bonds is 3. The smallest absolute Gasteiger partial charge is 0.407 e. The third-order valence-corrected chi connectivity index (χ3v) is 6.04. The SMILES string of the molecule is Cn1c(=O)n(CC(C)(C)C)c2ccc(C3CCC(N(C(=O)O)C(C)(C)C)CC3)nc21. The molecule has 1 fully saturated rings. The highest BCUT2D eigenvalue weighted by Gasteiger charge is 2.36. The summed E-state index contributed by atoms with van der Waals surface area (Å²) in [7, 11) is 1.78. The predicted octanol–water partition coefficient (Wildman–Crippen LogP) is 4.59. The van der Waals surface area contributed by atoms with Gasteiger partial charge in [-0.3, -0.25) is 9.13 Å². The van der Waals surface area contributed by atoms with E-state index in [-0.39, 0.29) is 17.1 Å². The van der Waals surface area contributed by atoms with Gasteiger partial charge in [-0.15, -0.1) is 0 Å². The fourth-order valence-corrected chi connectivity index (χ4v) is 4.76. The Kier molecular flexibility index (Phi) is 5.78. The van der Waals surface area contributed by atoms with Crippen LogP contribution in [0.1, 0.15) is 78.8 Å². The summed E-state index contributed by atoms with van der Waals surface area (Å²) in [4.78, 5) is 31.0. The van der Waals surface area contributed by atoms with Gasteiger partial charge in [0.2, 0.25) is 0 Å². The normalized spacial score (nSPS) is 20.5. The molecule has 1 saturated carbocycles. The molecule has 0 unspecified atom stereocenters. The lowest BCUT2D eigenvalue weighted by molar-refractivity contribution is 0.0545. The van der Waals surface area contributed by atoms with Gasteiger partial charge in [0.25, 0.3) is 0 Å². The van der Waals surface area contributed by atoms with Crippen molar-refractivity contribution >= 4 is 17.3 Å². The Bertz CT molecular complexity index is 983. The summed E-state index contributed by atoms with van der Waals surface area (Å²) in [5.41, 5.74) is 2.16. The van der Waals surface area contributed by atoms with Gasteiger partial charge in [0.1, 0.15) is 0 Å². The van der Waals surface area contributed by atoms with Gasteiger partial charge in [0, 0.05) is 36.8 Å². The first-order chi connectivity index (χ1) is 13.8. The highest BCUT2D eigenvalue weighted by molar-refractivity contribution is 5.72. The topological polar surface area (TPSA) is 80.4 Å². The first kappa shape index (κ1) is 22.4. The van der Waals surface area contributed by atoms with Crippen LogP contribution in [0.25, 0.3) is 11.2 Å². The lowest BCUT2D eigenvalue weighted by atomic mass is 9.82. The van der Waals surface area contributed by atoms with Crippen LogP contribution in [0.3, 0.4) is 0 Å². The quantitative estimate of drug-likeness (QED) is 0.794. The Morgan fingerprint density at radius 3 is 2.23 bits per heavy atom. The molecule has 1 N–H and O–H groups in total. The van der Waals surface area contributed by atoms with Crippen LogP contribution in [0.5, 0.6) is 0 Å². The minimum absolute atomic E-state index is 0.00175. The zero-order valence-corrected chi connectivity index (χ0v) is 19.4. The average molecular weight is 417 g/mol. The van der Waals surface area contributed by atoms with Crippen LogP contribution in [0, 0.1) is 5.41 Å². The second-order valence-electron chi connectivity index (χ2n) is 10.9. The number of amides is 1. The van der Waals surface area contributed by atoms with Gasteiger partial charge in [-0.25, -0.2) is 14.6 Å². The number of carboxylic acid groups (broad SMARTS) is 1. The lowest BCUT2D eigenvalue weighted by Gasteiger charge is -2.42. The Morgan fingerprint density at radius 1 is 1.13 bits per heavy atom. The molecule has 2 aromatic rings. The zero-order valence-electron chi connectivity index (χ0n) is 19.4. The van der Waals surface area contributed by atoms with Gasteiger partial charge in [0.15, 0.2) is 5.65 Å². The number of pyridine rings is 1. The third-order valence-electron chi connectivity index (χ3n) is 6.04. The largest absolute Gasteiger partial charge is 0.465 e. The Morgan fingerprint density at radius 2 is 1.73 bits per heavy atom. The molecule has 2 aromatic heterocycles. The van der Waals surface area contributed by atoms with Crippen molar-refractivity contribution in [2.45, 2.75) is 91.3 Å². The van der Waals surface area contributed by atoms with Crippen LogP contribution >= 0.6 is 0 Å². The number of aromatic nitrogens is 3. The number of nitrogens with zero attached hydrogens (tertiary/aromatic N) is 4. The van der Waals surface area contributed by atoms with Gasteiger partial charge < -0.3 is 10.0 Å². The fraction of sp³-hybridized carbons (Fsp3) is 0.696. The molecule has 166 valence electrons. The fourth-order valence-electron chi connectivity index (χ4n) is 4.76. The first-order valence-corrected chi connectivity index (χ1v) is 10.9. The van der Waals surface area contributed by atoms with Crippen molar-refractivity contribution in [3.05, 3.63) is 28.3 Å². The van der Waals surface area contributed by atoms with Crippen molar-refractivity contribution in [3.8, 4) is 0 Å². The van der Waals surface area contributed by atoms with Gasteiger partial charge >= 0.3 is 11.8 Å². The summed E-state index contributed by atoms with van der Waals surface area (Å²) in [5.74, 6) is 0.294. The maximum Gasteiger partial charge on any atom is 0.407 e. The number of carbonyl (C=O) groups is 1. The van der Waals surface area contributed by atoms with Crippen LogP contribution in [0.2, 0.25) is 0 Å². The van der Waals surface area contributed by atoms with Crippen LogP contribution < -0.4 is 5.69 Å². The Hall–Kier alpha value is -2.31. The number of aryl methyl sites for hydroxylation is 1. The molecule has 0 atom stereocenters. The minimum Gasteiger partial charge on any atom is -0.465 e. The molecule has 0 bridgehead atoms. The van der Waals surface area contributed by atoms with E-state index >= 15 is 0 Å². The molecule has 7 heteroatoms. The molecule has 1 aliphatic carbocycles. The standard InChI is InChI=1S/C23H36N4O3/c1-22(2,3)14-26-18-13-12-17(24-19(18)25(7)20(26)28)15-8-10-16(11-9-15)27(21(29)30)23(4,5)6/h12-13,15-16H,8-11,14H2,1-7H3,(H,29,30). The first-order valence-electron chi connectivity index (χ1n) is 10.9. The molecule has 1 aliphatic rings. The van der Waals surface area contributed by atoms with Gasteiger partial charge in [-0.05, 0) is 64.0 Å². The van der Waals surface area contributed by atoms with E-state index in [0.717, 1.165) is 42.5 Å². The van der Waals surface area contributed by atoms with Crippen molar-refractivity contribution < 1.29 is 9.90 Å². The van der Waals surface area contributed by atoms with Crippen molar-refractivity contribution in [1.82, 2.24) is 19.0 Å². The maximum absolute atomic E-state index is 12.8. The molecule has 30 heavy (non-hydrogen) atoms. The molecule has 0 spiro atoms.